The van der Waals surface area contributed by atoms with E-state index >= 15 is 0 Å². The van der Waals surface area contributed by atoms with Crippen molar-refractivity contribution in [3.8, 4) is 0 Å². The summed E-state index contributed by atoms with van der Waals surface area (Å²) in [4.78, 5) is 73.1. The summed E-state index contributed by atoms with van der Waals surface area (Å²) in [6.45, 7) is 1.30. The summed E-state index contributed by atoms with van der Waals surface area (Å²) in [5, 5.41) is 16.2. The van der Waals surface area contributed by atoms with Gasteiger partial charge in [-0.15, -0.1) is 0 Å². The minimum atomic E-state index is -1.16. The van der Waals surface area contributed by atoms with E-state index in [4.69, 9.17) is 5.11 Å². The first-order chi connectivity index (χ1) is 14.2. The molecule has 11 heteroatoms. The first-order valence-electron chi connectivity index (χ1n) is 9.35. The number of hydrogen-bond donors (Lipinski definition) is 4. The standard InChI is InChI=1S/C19H20N4O7/c1-2-10(19(29)30)21-14(25)8-20-11-5-3-4-9-15(11)18(28)23(17(9)27)12-6-7-13(24)22-16(12)26/h3-5,10,12,20H,2,6-8H2,1H3,(H,21,25)(H,29,30)(H,22,24,26)/t10-,12?/m1/s1. The van der Waals surface area contributed by atoms with E-state index in [0.717, 1.165) is 4.90 Å². The lowest BCUT2D eigenvalue weighted by Gasteiger charge is -2.27. The lowest BCUT2D eigenvalue weighted by Crippen LogP contribution is -2.54. The SMILES string of the molecule is CC[C@@H](NC(=O)CNc1cccc2c1C(=O)N(C1CCC(=O)NC1=O)C2=O)C(=O)O. The third-order valence-electron chi connectivity index (χ3n) is 4.95. The summed E-state index contributed by atoms with van der Waals surface area (Å²) < 4.78 is 0. The number of carboxylic acids is 1. The Hall–Kier alpha value is -3.76. The maximum absolute atomic E-state index is 12.9. The highest BCUT2D eigenvalue weighted by Crippen LogP contribution is 2.32. The molecule has 5 amide bonds. The fourth-order valence-corrected chi connectivity index (χ4v) is 3.42. The van der Waals surface area contributed by atoms with E-state index in [0.29, 0.717) is 0 Å². The van der Waals surface area contributed by atoms with Gasteiger partial charge in [0.05, 0.1) is 17.7 Å². The molecule has 2 aliphatic heterocycles. The second kappa shape index (κ2) is 8.31. The first-order valence-corrected chi connectivity index (χ1v) is 9.35. The highest BCUT2D eigenvalue weighted by atomic mass is 16.4. The van der Waals surface area contributed by atoms with Crippen LogP contribution in [0.15, 0.2) is 18.2 Å². The molecule has 11 nitrogen and oxygen atoms in total. The molecule has 158 valence electrons. The van der Waals surface area contributed by atoms with Crippen molar-refractivity contribution in [3.63, 3.8) is 0 Å². The number of nitrogens with one attached hydrogen (secondary N) is 3. The lowest BCUT2D eigenvalue weighted by atomic mass is 10.0. The number of carbonyl (C=O) groups is 6. The van der Waals surface area contributed by atoms with Gasteiger partial charge >= 0.3 is 5.97 Å². The zero-order valence-corrected chi connectivity index (χ0v) is 16.1. The molecule has 1 aromatic rings. The Kier molecular flexibility index (Phi) is 5.81. The topological polar surface area (TPSA) is 162 Å². The van der Waals surface area contributed by atoms with Crippen molar-refractivity contribution in [2.45, 2.75) is 38.3 Å². The van der Waals surface area contributed by atoms with E-state index in [1.54, 1.807) is 6.92 Å². The van der Waals surface area contributed by atoms with Crippen molar-refractivity contribution < 1.29 is 33.9 Å². The quantitative estimate of drug-likeness (QED) is 0.432. The molecule has 2 aliphatic rings. The number of benzene rings is 1. The van der Waals surface area contributed by atoms with E-state index in [1.807, 2.05) is 0 Å². The molecule has 2 heterocycles. The molecule has 4 N–H and O–H groups in total. The predicted octanol–water partition coefficient (Wildman–Crippen LogP) is -0.521. The zero-order chi connectivity index (χ0) is 22.0. The van der Waals surface area contributed by atoms with Crippen molar-refractivity contribution >= 4 is 41.2 Å². The number of nitrogens with zero attached hydrogens (tertiary/aromatic N) is 1. The van der Waals surface area contributed by atoms with Crippen LogP contribution < -0.4 is 16.0 Å². The van der Waals surface area contributed by atoms with E-state index < -0.39 is 47.6 Å². The van der Waals surface area contributed by atoms with Gasteiger partial charge in [0.2, 0.25) is 17.7 Å². The van der Waals surface area contributed by atoms with Crippen LogP contribution in [0.5, 0.6) is 0 Å². The molecule has 0 radical (unpaired) electrons. The molecule has 2 atom stereocenters. The lowest BCUT2D eigenvalue weighted by molar-refractivity contribution is -0.141. The number of fused-ring (bicyclic) bond motifs is 1. The third-order valence-corrected chi connectivity index (χ3v) is 4.95. The maximum atomic E-state index is 12.9. The van der Waals surface area contributed by atoms with Crippen molar-refractivity contribution in [1.29, 1.82) is 0 Å². The third kappa shape index (κ3) is 3.86. The Morgan fingerprint density at radius 1 is 1.23 bits per heavy atom. The van der Waals surface area contributed by atoms with Crippen LogP contribution >= 0.6 is 0 Å². The molecular weight excluding hydrogens is 396 g/mol. The summed E-state index contributed by atoms with van der Waals surface area (Å²) in [6.07, 6.45) is 0.252. The predicted molar refractivity (Wildman–Crippen MR) is 101 cm³/mol. The summed E-state index contributed by atoms with van der Waals surface area (Å²) >= 11 is 0. The Balaban J connectivity index is 1.77. The molecule has 1 aromatic carbocycles. The number of imide groups is 2. The molecule has 1 saturated heterocycles. The van der Waals surface area contributed by atoms with Crippen LogP contribution in [0.2, 0.25) is 0 Å². The van der Waals surface area contributed by atoms with Gasteiger partial charge in [0.25, 0.3) is 11.8 Å². The molecule has 0 saturated carbocycles. The summed E-state index contributed by atoms with van der Waals surface area (Å²) in [7, 11) is 0. The van der Waals surface area contributed by atoms with Crippen LogP contribution in [0.3, 0.4) is 0 Å². The number of carboxylic acid groups (broad SMARTS) is 1. The summed E-state index contributed by atoms with van der Waals surface area (Å²) in [6, 6.07) is 2.33. The summed E-state index contributed by atoms with van der Waals surface area (Å²) in [5.74, 6) is -4.30. The normalized spacial score (nSPS) is 19.2. The van der Waals surface area contributed by atoms with Crippen LogP contribution in [0.1, 0.15) is 46.9 Å². The Labute approximate surface area is 170 Å². The number of carbonyl (C=O) groups excluding carboxylic acids is 5. The van der Waals surface area contributed by atoms with Crippen molar-refractivity contribution in [1.82, 2.24) is 15.5 Å². The minimum absolute atomic E-state index is 0.0112. The van der Waals surface area contributed by atoms with Crippen molar-refractivity contribution in [3.05, 3.63) is 29.3 Å². The van der Waals surface area contributed by atoms with Gasteiger partial charge in [-0.05, 0) is 25.0 Å². The molecule has 0 aliphatic carbocycles. The molecule has 0 spiro atoms. The second-order valence-electron chi connectivity index (χ2n) is 6.90. The number of hydrogen-bond acceptors (Lipinski definition) is 7. The van der Waals surface area contributed by atoms with Crippen molar-refractivity contribution in [2.75, 3.05) is 11.9 Å². The molecule has 3 rings (SSSR count). The molecule has 1 fully saturated rings. The number of anilines is 1. The average Bonchev–Trinajstić information content (AvgIpc) is 2.95. The van der Waals surface area contributed by atoms with E-state index in [2.05, 4.69) is 16.0 Å². The van der Waals surface area contributed by atoms with Crippen LogP contribution in [-0.4, -0.2) is 64.1 Å². The van der Waals surface area contributed by atoms with Crippen LogP contribution in [0.25, 0.3) is 0 Å². The van der Waals surface area contributed by atoms with Crippen molar-refractivity contribution in [2.24, 2.45) is 0 Å². The first kappa shape index (κ1) is 21.0. The number of aliphatic carboxylic acids is 1. The van der Waals surface area contributed by atoms with Gasteiger partial charge in [-0.1, -0.05) is 13.0 Å². The van der Waals surface area contributed by atoms with Gasteiger partial charge in [0.1, 0.15) is 12.1 Å². The highest BCUT2D eigenvalue weighted by Gasteiger charge is 2.45. The monoisotopic (exact) mass is 416 g/mol. The Bertz CT molecular complexity index is 958. The van der Waals surface area contributed by atoms with E-state index in [-0.39, 0.29) is 42.6 Å². The van der Waals surface area contributed by atoms with E-state index in [1.165, 1.54) is 18.2 Å². The van der Waals surface area contributed by atoms with Gasteiger partial charge in [-0.3, -0.25) is 34.2 Å². The molecule has 0 aromatic heterocycles. The largest absolute Gasteiger partial charge is 0.480 e. The molecule has 0 bridgehead atoms. The van der Waals surface area contributed by atoms with Crippen LogP contribution in [0, 0.1) is 0 Å². The van der Waals surface area contributed by atoms with Gasteiger partial charge in [0.15, 0.2) is 0 Å². The summed E-state index contributed by atoms with van der Waals surface area (Å²) in [5.41, 5.74) is 0.302. The number of piperidine rings is 1. The van der Waals surface area contributed by atoms with E-state index in [9.17, 15) is 28.8 Å². The van der Waals surface area contributed by atoms with Crippen LogP contribution in [-0.2, 0) is 19.2 Å². The average molecular weight is 416 g/mol. The second-order valence-corrected chi connectivity index (χ2v) is 6.90. The van der Waals surface area contributed by atoms with Gasteiger partial charge in [0, 0.05) is 12.1 Å². The fraction of sp³-hybridized carbons (Fsp3) is 0.368. The number of amides is 5. The Morgan fingerprint density at radius 2 is 1.97 bits per heavy atom. The number of rotatable bonds is 7. The van der Waals surface area contributed by atoms with Gasteiger partial charge < -0.3 is 15.7 Å². The smallest absolute Gasteiger partial charge is 0.326 e. The maximum Gasteiger partial charge on any atom is 0.326 e. The molecule has 30 heavy (non-hydrogen) atoms. The van der Waals surface area contributed by atoms with Gasteiger partial charge in [-0.2, -0.15) is 0 Å². The molecule has 1 unspecified atom stereocenters. The highest BCUT2D eigenvalue weighted by molar-refractivity contribution is 6.25. The van der Waals surface area contributed by atoms with Gasteiger partial charge in [-0.25, -0.2) is 4.79 Å². The van der Waals surface area contributed by atoms with Crippen LogP contribution in [0.4, 0.5) is 5.69 Å². The minimum Gasteiger partial charge on any atom is -0.480 e. The zero-order valence-electron chi connectivity index (χ0n) is 16.1. The Morgan fingerprint density at radius 3 is 2.60 bits per heavy atom. The fourth-order valence-electron chi connectivity index (χ4n) is 3.42. The molecular formula is C19H20N4O7.